The summed E-state index contributed by atoms with van der Waals surface area (Å²) in [5, 5.41) is 8.60. The maximum atomic E-state index is 14.7. The molecule has 1 aliphatic heterocycles. The van der Waals surface area contributed by atoms with E-state index in [0.717, 1.165) is 10.0 Å². The van der Waals surface area contributed by atoms with Gasteiger partial charge in [0.25, 0.3) is 0 Å². The van der Waals surface area contributed by atoms with Crippen molar-refractivity contribution in [3.05, 3.63) is 92.0 Å². The molecular weight excluding hydrogens is 532 g/mol. The zero-order chi connectivity index (χ0) is 22.1. The smallest absolute Gasteiger partial charge is 0.164 e. The molecule has 0 radical (unpaired) electrons. The van der Waals surface area contributed by atoms with Gasteiger partial charge in [-0.05, 0) is 81.4 Å². The van der Waals surface area contributed by atoms with Crippen LogP contribution in [0.3, 0.4) is 0 Å². The highest BCUT2D eigenvalue weighted by Crippen LogP contribution is 2.37. The van der Waals surface area contributed by atoms with Gasteiger partial charge in [0.05, 0.1) is 17.0 Å². The first-order valence-electron chi connectivity index (χ1n) is 9.15. The third-order valence-corrected chi connectivity index (χ3v) is 6.77. The SMILES string of the molecule is C=N/C=C\C=C(/C)c1nnc2n1-c1ccc(Br)c(Br)c1C(c1c(F)cccc1F)=NC2. The summed E-state index contributed by atoms with van der Waals surface area (Å²) in [5.74, 6) is -0.236. The van der Waals surface area contributed by atoms with Gasteiger partial charge in [-0.2, -0.15) is 0 Å². The molecule has 2 aromatic carbocycles. The van der Waals surface area contributed by atoms with Crippen molar-refractivity contribution in [2.75, 3.05) is 0 Å². The minimum Gasteiger partial charge on any atom is -0.277 e. The highest BCUT2D eigenvalue weighted by atomic mass is 79.9. The molecule has 0 bridgehead atoms. The molecule has 0 spiro atoms. The maximum absolute atomic E-state index is 14.7. The summed E-state index contributed by atoms with van der Waals surface area (Å²) in [5.41, 5.74) is 2.03. The molecule has 0 atom stereocenters. The lowest BCUT2D eigenvalue weighted by Gasteiger charge is -2.17. The summed E-state index contributed by atoms with van der Waals surface area (Å²) in [6.07, 6.45) is 5.14. The van der Waals surface area contributed by atoms with Crippen LogP contribution in [0.25, 0.3) is 11.3 Å². The Bertz CT molecular complexity index is 1270. The molecule has 1 aromatic heterocycles. The molecule has 5 nitrogen and oxygen atoms in total. The number of aromatic nitrogens is 3. The molecule has 0 N–H and O–H groups in total. The molecular formula is C22H15Br2F2N5. The second-order valence-corrected chi connectivity index (χ2v) is 8.31. The Balaban J connectivity index is 2.01. The van der Waals surface area contributed by atoms with Gasteiger partial charge in [-0.3, -0.25) is 14.6 Å². The minimum absolute atomic E-state index is 0.103. The zero-order valence-electron chi connectivity index (χ0n) is 16.3. The van der Waals surface area contributed by atoms with Crippen molar-refractivity contribution < 1.29 is 8.78 Å². The topological polar surface area (TPSA) is 55.4 Å². The third kappa shape index (κ3) is 3.83. The van der Waals surface area contributed by atoms with Crippen LogP contribution in [0.1, 0.15) is 29.7 Å². The second kappa shape index (κ2) is 8.76. The van der Waals surface area contributed by atoms with Crippen LogP contribution in [-0.2, 0) is 6.54 Å². The van der Waals surface area contributed by atoms with Crippen LogP contribution in [-0.4, -0.2) is 27.2 Å². The first-order valence-corrected chi connectivity index (χ1v) is 10.7. The normalized spacial score (nSPS) is 13.6. The molecule has 0 aliphatic carbocycles. The fourth-order valence-corrected chi connectivity index (χ4v) is 4.21. The Hall–Kier alpha value is -2.78. The van der Waals surface area contributed by atoms with E-state index in [9.17, 15) is 8.78 Å². The molecule has 156 valence electrons. The second-order valence-electron chi connectivity index (χ2n) is 6.67. The molecule has 1 aliphatic rings. The third-order valence-electron chi connectivity index (χ3n) is 4.75. The van der Waals surface area contributed by atoms with E-state index in [1.54, 1.807) is 12.3 Å². The van der Waals surface area contributed by atoms with Crippen LogP contribution in [0.2, 0.25) is 0 Å². The molecule has 4 rings (SSSR count). The molecule has 0 fully saturated rings. The van der Waals surface area contributed by atoms with Gasteiger partial charge in [0.2, 0.25) is 0 Å². The first-order chi connectivity index (χ1) is 14.9. The molecule has 0 saturated heterocycles. The van der Waals surface area contributed by atoms with Crippen molar-refractivity contribution in [3.63, 3.8) is 0 Å². The van der Waals surface area contributed by atoms with Gasteiger partial charge in [-0.1, -0.05) is 12.1 Å². The van der Waals surface area contributed by atoms with Crippen molar-refractivity contribution in [2.24, 2.45) is 9.98 Å². The summed E-state index contributed by atoms with van der Waals surface area (Å²) in [7, 11) is 0. The molecule has 0 unspecified atom stereocenters. The van der Waals surface area contributed by atoms with Crippen molar-refractivity contribution >= 4 is 49.9 Å². The monoisotopic (exact) mass is 545 g/mol. The van der Waals surface area contributed by atoms with Gasteiger partial charge >= 0.3 is 0 Å². The number of allylic oxidation sites excluding steroid dienone is 3. The average molecular weight is 547 g/mol. The molecule has 2 heterocycles. The molecule has 0 amide bonds. The van der Waals surface area contributed by atoms with Gasteiger partial charge in [0.15, 0.2) is 11.6 Å². The zero-order valence-corrected chi connectivity index (χ0v) is 19.5. The highest BCUT2D eigenvalue weighted by Gasteiger charge is 2.28. The largest absolute Gasteiger partial charge is 0.277 e. The lowest BCUT2D eigenvalue weighted by atomic mass is 9.99. The van der Waals surface area contributed by atoms with Crippen molar-refractivity contribution in [1.29, 1.82) is 0 Å². The number of rotatable bonds is 4. The van der Waals surface area contributed by atoms with E-state index in [2.05, 4.69) is 58.8 Å². The van der Waals surface area contributed by atoms with Crippen LogP contribution >= 0.6 is 31.9 Å². The van der Waals surface area contributed by atoms with Crippen LogP contribution in [0.5, 0.6) is 0 Å². The average Bonchev–Trinajstić information content (AvgIpc) is 3.09. The quantitative estimate of drug-likeness (QED) is 0.296. The summed E-state index contributed by atoms with van der Waals surface area (Å²) in [4.78, 5) is 8.24. The first kappa shape index (κ1) is 21.5. The van der Waals surface area contributed by atoms with Crippen LogP contribution in [0.4, 0.5) is 8.78 Å². The number of aliphatic imine (C=N–C) groups is 2. The Morgan fingerprint density at radius 1 is 1.13 bits per heavy atom. The van der Waals surface area contributed by atoms with Gasteiger partial charge in [-0.25, -0.2) is 8.78 Å². The Labute approximate surface area is 194 Å². The number of fused-ring (bicyclic) bond motifs is 3. The Kier molecular flexibility index (Phi) is 6.06. The van der Waals surface area contributed by atoms with Gasteiger partial charge in [-0.15, -0.1) is 10.2 Å². The maximum Gasteiger partial charge on any atom is 0.164 e. The van der Waals surface area contributed by atoms with Crippen molar-refractivity contribution in [2.45, 2.75) is 13.5 Å². The van der Waals surface area contributed by atoms with Crippen LogP contribution in [0, 0.1) is 11.6 Å². The standard InChI is InChI=1S/C22H15Br2F2N5/c1-12(5-4-10-27-2)22-30-29-17-11-28-21(18-14(25)6-3-7-15(18)26)19-16(31(17)22)9-8-13(23)20(19)24/h3-10H,2,11H2,1H3/b10-4-,12-5+. The predicted molar refractivity (Wildman–Crippen MR) is 125 cm³/mol. The van der Waals surface area contributed by atoms with Gasteiger partial charge in [0.1, 0.15) is 18.2 Å². The summed E-state index contributed by atoms with van der Waals surface area (Å²) < 4.78 is 32.6. The Morgan fingerprint density at radius 3 is 2.58 bits per heavy atom. The van der Waals surface area contributed by atoms with Crippen molar-refractivity contribution in [3.8, 4) is 5.69 Å². The lowest BCUT2D eigenvalue weighted by Crippen LogP contribution is -2.13. The van der Waals surface area contributed by atoms with Crippen LogP contribution < -0.4 is 0 Å². The van der Waals surface area contributed by atoms with Crippen molar-refractivity contribution in [1.82, 2.24) is 14.8 Å². The fourth-order valence-electron chi connectivity index (χ4n) is 3.36. The highest BCUT2D eigenvalue weighted by molar-refractivity contribution is 9.13. The Morgan fingerprint density at radius 2 is 1.87 bits per heavy atom. The number of benzene rings is 2. The minimum atomic E-state index is -0.687. The molecule has 0 saturated carbocycles. The number of halogens is 4. The van der Waals surface area contributed by atoms with E-state index < -0.39 is 11.6 Å². The fraction of sp³-hybridized carbons (Fsp3) is 0.0909. The summed E-state index contributed by atoms with van der Waals surface area (Å²) in [6.45, 7) is 5.41. The van der Waals surface area contributed by atoms with E-state index in [1.165, 1.54) is 18.2 Å². The van der Waals surface area contributed by atoms with Gasteiger partial charge in [0, 0.05) is 20.7 Å². The number of hydrogen-bond acceptors (Lipinski definition) is 4. The summed E-state index contributed by atoms with van der Waals surface area (Å²) >= 11 is 7.06. The molecule has 3 aromatic rings. The van der Waals surface area contributed by atoms with Gasteiger partial charge < -0.3 is 0 Å². The van der Waals surface area contributed by atoms with Crippen LogP contribution in [0.15, 0.2) is 67.6 Å². The van der Waals surface area contributed by atoms with E-state index in [4.69, 9.17) is 0 Å². The van der Waals surface area contributed by atoms with E-state index in [0.29, 0.717) is 27.4 Å². The van der Waals surface area contributed by atoms with E-state index in [1.807, 2.05) is 29.7 Å². The van der Waals surface area contributed by atoms with E-state index >= 15 is 0 Å². The number of hydrogen-bond donors (Lipinski definition) is 0. The lowest BCUT2D eigenvalue weighted by molar-refractivity contribution is 0.579. The molecule has 9 heteroatoms. The number of nitrogens with zero attached hydrogens (tertiary/aromatic N) is 5. The summed E-state index contributed by atoms with van der Waals surface area (Å²) in [6, 6.07) is 7.45. The predicted octanol–water partition coefficient (Wildman–Crippen LogP) is 6.04. The molecule has 31 heavy (non-hydrogen) atoms. The van der Waals surface area contributed by atoms with E-state index in [-0.39, 0.29) is 17.8 Å².